The van der Waals surface area contributed by atoms with Crippen molar-refractivity contribution in [2.24, 2.45) is 40.4 Å². The molecular weight excluding hydrogens is 380 g/mol. The number of ether oxygens (including phenoxy) is 1. The molecule has 5 nitrogen and oxygen atoms in total. The van der Waals surface area contributed by atoms with Crippen LogP contribution >= 0.6 is 0 Å². The Morgan fingerprint density at radius 2 is 1.83 bits per heavy atom. The molecule has 0 heterocycles. The summed E-state index contributed by atoms with van der Waals surface area (Å²) in [6.07, 6.45) is 4.73. The van der Waals surface area contributed by atoms with E-state index in [1.807, 2.05) is 13.0 Å². The minimum absolute atomic E-state index is 0.0680. The number of esters is 1. The number of allylic oxidation sites excluding steroid dienone is 1. The first-order valence-corrected chi connectivity index (χ1v) is 11.5. The number of carbonyl (C=O) groups is 3. The molecule has 0 spiro atoms. The minimum atomic E-state index is -1.18. The molecule has 0 saturated heterocycles. The number of hydrogen-bond acceptors (Lipinski definition) is 5. The summed E-state index contributed by atoms with van der Waals surface area (Å²) in [4.78, 5) is 37.3. The maximum Gasteiger partial charge on any atom is 0.303 e. The van der Waals surface area contributed by atoms with E-state index in [-0.39, 0.29) is 46.6 Å². The Kier molecular flexibility index (Phi) is 4.89. The van der Waals surface area contributed by atoms with Crippen LogP contribution in [0.25, 0.3) is 0 Å². The third kappa shape index (κ3) is 2.60. The van der Waals surface area contributed by atoms with Crippen molar-refractivity contribution in [3.63, 3.8) is 0 Å². The van der Waals surface area contributed by atoms with Crippen LogP contribution in [0.4, 0.5) is 0 Å². The fourth-order valence-corrected chi connectivity index (χ4v) is 8.70. The lowest BCUT2D eigenvalue weighted by atomic mass is 9.44. The van der Waals surface area contributed by atoms with Gasteiger partial charge < -0.3 is 9.84 Å². The quantitative estimate of drug-likeness (QED) is 0.691. The van der Waals surface area contributed by atoms with Gasteiger partial charge in [-0.15, -0.1) is 0 Å². The molecule has 4 rings (SSSR count). The molecule has 5 heteroatoms. The first-order chi connectivity index (χ1) is 13.9. The maximum atomic E-state index is 13.0. The highest BCUT2D eigenvalue weighted by molar-refractivity contribution is 5.92. The lowest BCUT2D eigenvalue weighted by molar-refractivity contribution is -0.204. The molecule has 9 atom stereocenters. The van der Waals surface area contributed by atoms with E-state index < -0.39 is 23.1 Å². The van der Waals surface area contributed by atoms with Crippen molar-refractivity contribution in [1.29, 1.82) is 0 Å². The summed E-state index contributed by atoms with van der Waals surface area (Å²) >= 11 is 0. The van der Waals surface area contributed by atoms with Gasteiger partial charge in [-0.25, -0.2) is 0 Å². The van der Waals surface area contributed by atoms with E-state index >= 15 is 0 Å². The summed E-state index contributed by atoms with van der Waals surface area (Å²) < 4.78 is 5.89. The van der Waals surface area contributed by atoms with Crippen molar-refractivity contribution in [3.05, 3.63) is 11.6 Å². The molecule has 0 aliphatic heterocycles. The number of Topliss-reactive ketones (excluding diaryl/α,β-unsaturated/α-hetero) is 1. The Bertz CT molecular complexity index is 829. The number of aliphatic hydroxyl groups is 1. The Labute approximate surface area is 179 Å². The van der Waals surface area contributed by atoms with Gasteiger partial charge in [0.2, 0.25) is 0 Å². The predicted molar refractivity (Wildman–Crippen MR) is 112 cm³/mol. The second-order valence-corrected chi connectivity index (χ2v) is 11.1. The number of ketones is 2. The van der Waals surface area contributed by atoms with Gasteiger partial charge in [-0.05, 0) is 67.8 Å². The van der Waals surface area contributed by atoms with Gasteiger partial charge >= 0.3 is 5.97 Å². The summed E-state index contributed by atoms with van der Waals surface area (Å²) in [7, 11) is 0. The SMILES string of the molecule is CC(=O)O[C@]1(C(C)=O)[C@@H](C)C[C@H]2[C@@H]3C[C@H](C)C4=CC(=O)CC[C@]4(C)[C@H]3[C@@H](O)C[C@@]21C. The van der Waals surface area contributed by atoms with Crippen molar-refractivity contribution in [3.8, 4) is 0 Å². The van der Waals surface area contributed by atoms with E-state index in [0.29, 0.717) is 12.8 Å². The van der Waals surface area contributed by atoms with E-state index in [0.717, 1.165) is 19.3 Å². The zero-order valence-corrected chi connectivity index (χ0v) is 19.2. The molecule has 0 aromatic heterocycles. The fourth-order valence-electron chi connectivity index (χ4n) is 8.70. The fraction of sp³-hybridized carbons (Fsp3) is 0.800. The molecule has 166 valence electrons. The van der Waals surface area contributed by atoms with Crippen LogP contribution < -0.4 is 0 Å². The van der Waals surface area contributed by atoms with Crippen molar-refractivity contribution >= 4 is 17.5 Å². The molecule has 3 saturated carbocycles. The zero-order chi connectivity index (χ0) is 22.2. The molecule has 0 aromatic rings. The Hall–Kier alpha value is -1.49. The third-order valence-electron chi connectivity index (χ3n) is 9.58. The minimum Gasteiger partial charge on any atom is -0.450 e. The van der Waals surface area contributed by atoms with Crippen molar-refractivity contribution in [2.45, 2.75) is 85.4 Å². The van der Waals surface area contributed by atoms with Gasteiger partial charge in [0, 0.05) is 24.7 Å². The average molecular weight is 417 g/mol. The highest BCUT2D eigenvalue weighted by atomic mass is 16.6. The Balaban J connectivity index is 1.82. The molecule has 3 fully saturated rings. The predicted octanol–water partition coefficient (Wildman–Crippen LogP) is 3.87. The standard InChI is InChI=1S/C25H36O5/c1-13-9-18-20-10-14(2)25(15(3)26,30-16(4)27)24(20,6)12-21(29)22(18)23(5)8-7-17(28)11-19(13)23/h11,13-14,18,20-22,29H,7-10,12H2,1-6H3/t13-,14-,18-,20-,21-,22+,23-,24-,25-/m0/s1. The smallest absolute Gasteiger partial charge is 0.303 e. The van der Waals surface area contributed by atoms with Crippen LogP contribution in [0.5, 0.6) is 0 Å². The van der Waals surface area contributed by atoms with Crippen LogP contribution in [-0.2, 0) is 19.1 Å². The topological polar surface area (TPSA) is 80.7 Å². The molecular formula is C25H36O5. The number of fused-ring (bicyclic) bond motifs is 5. The first kappa shape index (κ1) is 21.7. The summed E-state index contributed by atoms with van der Waals surface area (Å²) in [5, 5.41) is 11.5. The van der Waals surface area contributed by atoms with Gasteiger partial charge in [-0.3, -0.25) is 14.4 Å². The maximum absolute atomic E-state index is 13.0. The Morgan fingerprint density at radius 3 is 2.43 bits per heavy atom. The highest BCUT2D eigenvalue weighted by Gasteiger charge is 2.72. The van der Waals surface area contributed by atoms with E-state index in [2.05, 4.69) is 20.8 Å². The molecule has 0 amide bonds. The molecule has 0 radical (unpaired) electrons. The van der Waals surface area contributed by atoms with Crippen molar-refractivity contribution in [1.82, 2.24) is 0 Å². The van der Waals surface area contributed by atoms with Gasteiger partial charge in [-0.1, -0.05) is 33.3 Å². The van der Waals surface area contributed by atoms with Crippen LogP contribution in [0.2, 0.25) is 0 Å². The number of carbonyl (C=O) groups excluding carboxylic acids is 3. The molecule has 30 heavy (non-hydrogen) atoms. The lowest BCUT2D eigenvalue weighted by Gasteiger charge is -2.62. The van der Waals surface area contributed by atoms with Gasteiger partial charge in [-0.2, -0.15) is 0 Å². The highest BCUT2D eigenvalue weighted by Crippen LogP contribution is 2.70. The van der Waals surface area contributed by atoms with Crippen LogP contribution in [0.3, 0.4) is 0 Å². The van der Waals surface area contributed by atoms with Crippen LogP contribution in [-0.4, -0.2) is 34.3 Å². The summed E-state index contributed by atoms with van der Waals surface area (Å²) in [5.74, 6) is 0.335. The second-order valence-electron chi connectivity index (χ2n) is 11.1. The monoisotopic (exact) mass is 416 g/mol. The lowest BCUT2D eigenvalue weighted by Crippen LogP contribution is -2.64. The van der Waals surface area contributed by atoms with E-state index in [4.69, 9.17) is 4.74 Å². The number of aliphatic hydroxyl groups excluding tert-OH is 1. The Morgan fingerprint density at radius 1 is 1.17 bits per heavy atom. The first-order valence-electron chi connectivity index (χ1n) is 11.5. The van der Waals surface area contributed by atoms with Gasteiger partial charge in [0.25, 0.3) is 0 Å². The van der Waals surface area contributed by atoms with E-state index in [1.54, 1.807) is 0 Å². The normalized spacial score (nSPS) is 50.1. The van der Waals surface area contributed by atoms with Crippen LogP contribution in [0.1, 0.15) is 73.6 Å². The van der Waals surface area contributed by atoms with Crippen molar-refractivity contribution in [2.75, 3.05) is 0 Å². The zero-order valence-electron chi connectivity index (χ0n) is 19.2. The second kappa shape index (κ2) is 6.75. The molecule has 1 N–H and O–H groups in total. The van der Waals surface area contributed by atoms with E-state index in [9.17, 15) is 19.5 Å². The number of hydrogen-bond donors (Lipinski definition) is 1. The number of rotatable bonds is 2. The third-order valence-corrected chi connectivity index (χ3v) is 9.58. The molecule has 4 aliphatic carbocycles. The van der Waals surface area contributed by atoms with Gasteiger partial charge in [0.05, 0.1) is 6.10 Å². The molecule has 0 unspecified atom stereocenters. The molecule has 0 bridgehead atoms. The summed E-state index contributed by atoms with van der Waals surface area (Å²) in [6.45, 7) is 11.4. The summed E-state index contributed by atoms with van der Waals surface area (Å²) in [5.41, 5.74) is -0.764. The van der Waals surface area contributed by atoms with Crippen LogP contribution in [0.15, 0.2) is 11.6 Å². The van der Waals surface area contributed by atoms with Gasteiger partial charge in [0.15, 0.2) is 17.2 Å². The van der Waals surface area contributed by atoms with Crippen molar-refractivity contribution < 1.29 is 24.2 Å². The largest absolute Gasteiger partial charge is 0.450 e. The van der Waals surface area contributed by atoms with E-state index in [1.165, 1.54) is 19.4 Å². The summed E-state index contributed by atoms with van der Waals surface area (Å²) in [6, 6.07) is 0. The molecule has 0 aromatic carbocycles. The average Bonchev–Trinajstić information content (AvgIpc) is 2.84. The molecule has 4 aliphatic rings. The van der Waals surface area contributed by atoms with Gasteiger partial charge in [0.1, 0.15) is 0 Å². The van der Waals surface area contributed by atoms with Crippen LogP contribution in [0, 0.1) is 40.4 Å².